The van der Waals surface area contributed by atoms with Gasteiger partial charge < -0.3 is 4.74 Å². The van der Waals surface area contributed by atoms with E-state index in [0.29, 0.717) is 23.3 Å². The second-order valence-corrected chi connectivity index (χ2v) is 8.13. The summed E-state index contributed by atoms with van der Waals surface area (Å²) in [5.74, 6) is 1.42. The Morgan fingerprint density at radius 3 is 2.52 bits per heavy atom. The lowest BCUT2D eigenvalue weighted by atomic mass is 9.95. The van der Waals surface area contributed by atoms with Gasteiger partial charge in [0.15, 0.2) is 0 Å². The smallest absolute Gasteiger partial charge is 0.282 e. The molecule has 0 bridgehead atoms. The van der Waals surface area contributed by atoms with Crippen LogP contribution >= 0.6 is 15.9 Å². The van der Waals surface area contributed by atoms with Crippen LogP contribution in [0.3, 0.4) is 0 Å². The quantitative estimate of drug-likeness (QED) is 0.565. The topological polar surface area (TPSA) is 56.5 Å². The molecule has 0 aliphatic heterocycles. The van der Waals surface area contributed by atoms with Gasteiger partial charge in [-0.2, -0.15) is 9.78 Å². The van der Waals surface area contributed by atoms with Crippen LogP contribution in [0, 0.1) is 0 Å². The minimum absolute atomic E-state index is 0.187. The third kappa shape index (κ3) is 4.27. The van der Waals surface area contributed by atoms with Gasteiger partial charge in [0.1, 0.15) is 11.6 Å². The molecule has 2 aromatic carbocycles. The van der Waals surface area contributed by atoms with E-state index < -0.39 is 0 Å². The van der Waals surface area contributed by atoms with Crippen LogP contribution in [0.5, 0.6) is 5.75 Å². The Balaban J connectivity index is 2.11. The summed E-state index contributed by atoms with van der Waals surface area (Å²) >= 11 is 3.42. The highest BCUT2D eigenvalue weighted by atomic mass is 79.9. The van der Waals surface area contributed by atoms with Crippen molar-refractivity contribution in [1.29, 1.82) is 0 Å². The predicted molar refractivity (Wildman–Crippen MR) is 113 cm³/mol. The van der Waals surface area contributed by atoms with E-state index >= 15 is 0 Å². The van der Waals surface area contributed by atoms with Crippen molar-refractivity contribution in [3.05, 3.63) is 68.7 Å². The summed E-state index contributed by atoms with van der Waals surface area (Å²) < 4.78 is 7.68. The number of rotatable bonds is 4. The van der Waals surface area contributed by atoms with Gasteiger partial charge in [0.05, 0.1) is 23.7 Å². The Hall–Kier alpha value is -2.47. The maximum Gasteiger partial charge on any atom is 0.282 e. The summed E-state index contributed by atoms with van der Waals surface area (Å²) in [5, 5.41) is 4.99. The second-order valence-electron chi connectivity index (χ2n) is 7.21. The highest BCUT2D eigenvalue weighted by Crippen LogP contribution is 2.23. The van der Waals surface area contributed by atoms with Crippen molar-refractivity contribution < 1.29 is 4.74 Å². The zero-order valence-corrected chi connectivity index (χ0v) is 17.4. The minimum Gasteiger partial charge on any atom is -0.494 e. The summed E-state index contributed by atoms with van der Waals surface area (Å²) in [6.45, 7) is 8.62. The lowest BCUT2D eigenvalue weighted by Gasteiger charge is -2.20. The van der Waals surface area contributed by atoms with E-state index in [-0.39, 0.29) is 11.0 Å². The van der Waals surface area contributed by atoms with Crippen LogP contribution in [-0.2, 0) is 5.41 Å². The van der Waals surface area contributed by atoms with Crippen LogP contribution < -0.4 is 10.3 Å². The number of benzene rings is 2. The van der Waals surface area contributed by atoms with Crippen molar-refractivity contribution in [3.63, 3.8) is 0 Å². The van der Waals surface area contributed by atoms with Crippen molar-refractivity contribution >= 4 is 33.0 Å². The van der Waals surface area contributed by atoms with E-state index in [1.54, 1.807) is 12.3 Å². The molecule has 0 aliphatic carbocycles. The standard InChI is InChI=1S/C21H22BrN3O2/c1-5-27-16-9-6-14(7-10-16)13-23-25-19(26)17-12-15(22)8-11-18(17)24-20(25)21(2,3)4/h6-13H,5H2,1-4H3. The first-order valence-corrected chi connectivity index (χ1v) is 9.59. The molecule has 5 nitrogen and oxygen atoms in total. The molecular formula is C21H22BrN3O2. The fourth-order valence-corrected chi connectivity index (χ4v) is 3.04. The molecule has 6 heteroatoms. The Kier molecular flexibility index (Phi) is 5.46. The van der Waals surface area contributed by atoms with Crippen LogP contribution in [0.2, 0.25) is 0 Å². The van der Waals surface area contributed by atoms with E-state index in [1.807, 2.05) is 64.1 Å². The molecule has 0 atom stereocenters. The van der Waals surface area contributed by atoms with Crippen molar-refractivity contribution in [2.24, 2.45) is 5.10 Å². The summed E-state index contributed by atoms with van der Waals surface area (Å²) in [6, 6.07) is 13.1. The van der Waals surface area contributed by atoms with E-state index in [4.69, 9.17) is 9.72 Å². The Morgan fingerprint density at radius 1 is 1.19 bits per heavy atom. The van der Waals surface area contributed by atoms with Gasteiger partial charge in [0.25, 0.3) is 5.56 Å². The fraction of sp³-hybridized carbons (Fsp3) is 0.286. The third-order valence-electron chi connectivity index (χ3n) is 3.99. The van der Waals surface area contributed by atoms with Gasteiger partial charge in [-0.3, -0.25) is 4.79 Å². The second kappa shape index (κ2) is 7.64. The van der Waals surface area contributed by atoms with E-state index in [9.17, 15) is 4.79 Å². The molecule has 3 rings (SSSR count). The molecule has 0 radical (unpaired) electrons. The van der Waals surface area contributed by atoms with Gasteiger partial charge in [0.2, 0.25) is 0 Å². The third-order valence-corrected chi connectivity index (χ3v) is 4.49. The van der Waals surface area contributed by atoms with Gasteiger partial charge >= 0.3 is 0 Å². The summed E-state index contributed by atoms with van der Waals surface area (Å²) in [4.78, 5) is 17.8. The average Bonchev–Trinajstić information content (AvgIpc) is 2.62. The lowest BCUT2D eigenvalue weighted by molar-refractivity contribution is 0.340. The van der Waals surface area contributed by atoms with Crippen molar-refractivity contribution in [1.82, 2.24) is 9.66 Å². The minimum atomic E-state index is -0.337. The molecule has 0 aliphatic rings. The fourth-order valence-electron chi connectivity index (χ4n) is 2.68. The highest BCUT2D eigenvalue weighted by Gasteiger charge is 2.22. The molecule has 0 unspecified atom stereocenters. The van der Waals surface area contributed by atoms with Gasteiger partial charge in [-0.1, -0.05) is 36.7 Å². The van der Waals surface area contributed by atoms with E-state index in [0.717, 1.165) is 15.8 Å². The Labute approximate surface area is 166 Å². The van der Waals surface area contributed by atoms with Gasteiger partial charge in [-0.15, -0.1) is 0 Å². The Morgan fingerprint density at radius 2 is 1.89 bits per heavy atom. The molecule has 1 aromatic heterocycles. The molecule has 0 amide bonds. The maximum absolute atomic E-state index is 13.1. The first-order chi connectivity index (χ1) is 12.8. The van der Waals surface area contributed by atoms with Crippen molar-refractivity contribution in [2.75, 3.05) is 6.61 Å². The molecule has 0 fully saturated rings. The molecule has 0 N–H and O–H groups in total. The molecule has 1 heterocycles. The highest BCUT2D eigenvalue weighted by molar-refractivity contribution is 9.10. The van der Waals surface area contributed by atoms with Crippen LogP contribution in [0.1, 0.15) is 39.1 Å². The molecular weight excluding hydrogens is 406 g/mol. The number of fused-ring (bicyclic) bond motifs is 1. The number of hydrogen-bond acceptors (Lipinski definition) is 4. The van der Waals surface area contributed by atoms with Crippen molar-refractivity contribution in [2.45, 2.75) is 33.1 Å². The zero-order valence-electron chi connectivity index (χ0n) is 15.9. The first kappa shape index (κ1) is 19.3. The summed E-state index contributed by atoms with van der Waals surface area (Å²) in [6.07, 6.45) is 1.66. The van der Waals surface area contributed by atoms with Crippen LogP contribution in [0.25, 0.3) is 10.9 Å². The van der Waals surface area contributed by atoms with Crippen LogP contribution in [0.15, 0.2) is 56.8 Å². The summed E-state index contributed by atoms with van der Waals surface area (Å²) in [5.41, 5.74) is 1.02. The number of halogens is 1. The van der Waals surface area contributed by atoms with E-state index in [1.165, 1.54) is 4.68 Å². The number of ether oxygens (including phenoxy) is 1. The first-order valence-electron chi connectivity index (χ1n) is 8.79. The molecule has 0 spiro atoms. The molecule has 27 heavy (non-hydrogen) atoms. The van der Waals surface area contributed by atoms with Gasteiger partial charge in [-0.25, -0.2) is 4.98 Å². The number of aromatic nitrogens is 2. The molecule has 3 aromatic rings. The van der Waals surface area contributed by atoms with Crippen LogP contribution in [-0.4, -0.2) is 22.5 Å². The van der Waals surface area contributed by atoms with Gasteiger partial charge in [0, 0.05) is 9.89 Å². The van der Waals surface area contributed by atoms with Gasteiger partial charge in [-0.05, 0) is 55.0 Å². The summed E-state index contributed by atoms with van der Waals surface area (Å²) in [7, 11) is 0. The number of nitrogens with zero attached hydrogens (tertiary/aromatic N) is 3. The number of hydrogen-bond donors (Lipinski definition) is 0. The normalized spacial score (nSPS) is 12.0. The zero-order chi connectivity index (χ0) is 19.6. The SMILES string of the molecule is CCOc1ccc(C=Nn2c(C(C)(C)C)nc3ccc(Br)cc3c2=O)cc1. The Bertz CT molecular complexity index is 1050. The monoisotopic (exact) mass is 427 g/mol. The molecule has 0 saturated heterocycles. The largest absolute Gasteiger partial charge is 0.494 e. The van der Waals surface area contributed by atoms with Crippen LogP contribution in [0.4, 0.5) is 0 Å². The lowest BCUT2D eigenvalue weighted by Crippen LogP contribution is -2.29. The van der Waals surface area contributed by atoms with Crippen molar-refractivity contribution in [3.8, 4) is 5.75 Å². The molecule has 0 saturated carbocycles. The average molecular weight is 428 g/mol. The molecule has 140 valence electrons. The van der Waals surface area contributed by atoms with E-state index in [2.05, 4.69) is 21.0 Å². The predicted octanol–water partition coefficient (Wildman–Crippen LogP) is 4.74. The maximum atomic E-state index is 13.1.